The van der Waals surface area contributed by atoms with Crippen LogP contribution in [0, 0.1) is 0 Å². The van der Waals surface area contributed by atoms with Crippen molar-refractivity contribution in [2.45, 2.75) is 19.5 Å². The monoisotopic (exact) mass is 368 g/mol. The van der Waals surface area contributed by atoms with E-state index in [0.29, 0.717) is 44.3 Å². The Bertz CT molecular complexity index is 740. The van der Waals surface area contributed by atoms with Crippen LogP contribution < -0.4 is 10.3 Å². The van der Waals surface area contributed by atoms with E-state index in [2.05, 4.69) is 10.4 Å². The molecule has 2 aliphatic heterocycles. The lowest BCUT2D eigenvalue weighted by Gasteiger charge is -2.29. The predicted molar refractivity (Wildman–Crippen MR) is 90.7 cm³/mol. The fraction of sp³-hybridized carbons (Fsp3) is 0.412. The van der Waals surface area contributed by atoms with E-state index in [-0.39, 0.29) is 11.7 Å². The number of benzene rings is 1. The van der Waals surface area contributed by atoms with E-state index in [1.165, 1.54) is 11.1 Å². The number of nitrogens with one attached hydrogen (secondary N) is 1. The third-order valence-electron chi connectivity index (χ3n) is 4.11. The van der Waals surface area contributed by atoms with E-state index >= 15 is 0 Å². The third kappa shape index (κ3) is 4.16. The van der Waals surface area contributed by atoms with Gasteiger partial charge in [0.15, 0.2) is 0 Å². The van der Waals surface area contributed by atoms with Crippen LogP contribution in [0.4, 0.5) is 23.7 Å². The fourth-order valence-corrected chi connectivity index (χ4v) is 2.69. The number of halogens is 3. The molecule has 0 spiro atoms. The number of allylic oxidation sites excluding steroid dienone is 1. The Hall–Kier alpha value is -2.55. The molecule has 3 rings (SSSR count). The molecule has 0 saturated carbocycles. The van der Waals surface area contributed by atoms with Gasteiger partial charge in [0, 0.05) is 25.2 Å². The van der Waals surface area contributed by atoms with Crippen LogP contribution in [0.1, 0.15) is 18.9 Å². The number of hydrogen-bond donors (Lipinski definition) is 1. The van der Waals surface area contributed by atoms with Crippen molar-refractivity contribution in [3.05, 3.63) is 41.6 Å². The number of urea groups is 1. The lowest BCUT2D eigenvalue weighted by atomic mass is 10.1. The second-order valence-corrected chi connectivity index (χ2v) is 5.99. The van der Waals surface area contributed by atoms with E-state index in [1.807, 2.05) is 6.08 Å². The molecule has 1 aromatic carbocycles. The molecule has 0 aliphatic carbocycles. The standard InChI is InChI=1S/C17H19F3N4O2/c1-12-5-6-15(21-16(25)23-7-9-26-10-8-23)22-24(12)14-4-2-3-13(11-14)17(18,19)20/h2-5,11H,6-10H2,1H3,(H,21,22,25). The van der Waals surface area contributed by atoms with Crippen molar-refractivity contribution in [1.82, 2.24) is 10.2 Å². The quantitative estimate of drug-likeness (QED) is 0.828. The lowest BCUT2D eigenvalue weighted by Crippen LogP contribution is -2.48. The molecule has 9 heteroatoms. The summed E-state index contributed by atoms with van der Waals surface area (Å²) in [5.74, 6) is 0.379. The van der Waals surface area contributed by atoms with Gasteiger partial charge in [0.2, 0.25) is 0 Å². The average Bonchev–Trinajstić information content (AvgIpc) is 2.63. The average molecular weight is 368 g/mol. The number of hydrogen-bond acceptors (Lipinski definition) is 4. The molecule has 2 aliphatic rings. The Kier molecular flexibility index (Phi) is 5.17. The number of alkyl halides is 3. The van der Waals surface area contributed by atoms with Crippen LogP contribution in [0.2, 0.25) is 0 Å². The van der Waals surface area contributed by atoms with Gasteiger partial charge in [-0.05, 0) is 25.1 Å². The first-order valence-electron chi connectivity index (χ1n) is 8.20. The number of carbonyl (C=O) groups excluding carboxylic acids is 1. The number of ether oxygens (including phenoxy) is 1. The van der Waals surface area contributed by atoms with Gasteiger partial charge in [0.25, 0.3) is 0 Å². The van der Waals surface area contributed by atoms with Crippen LogP contribution in [0.15, 0.2) is 41.1 Å². The number of amides is 2. The molecule has 0 bridgehead atoms. The van der Waals surface area contributed by atoms with Gasteiger partial charge in [-0.25, -0.2) is 9.80 Å². The van der Waals surface area contributed by atoms with Gasteiger partial charge in [-0.2, -0.15) is 18.3 Å². The van der Waals surface area contributed by atoms with Gasteiger partial charge in [0.1, 0.15) is 5.84 Å². The number of amidine groups is 1. The first kappa shape index (κ1) is 18.2. The minimum absolute atomic E-state index is 0.284. The Labute approximate surface area is 148 Å². The largest absolute Gasteiger partial charge is 0.416 e. The Balaban J connectivity index is 1.77. The smallest absolute Gasteiger partial charge is 0.378 e. The van der Waals surface area contributed by atoms with Gasteiger partial charge >= 0.3 is 12.2 Å². The summed E-state index contributed by atoms with van der Waals surface area (Å²) in [6.07, 6.45) is -2.22. The molecule has 0 atom stereocenters. The van der Waals surface area contributed by atoms with E-state index < -0.39 is 11.7 Å². The van der Waals surface area contributed by atoms with Crippen LogP contribution in [0.25, 0.3) is 0 Å². The summed E-state index contributed by atoms with van der Waals surface area (Å²) >= 11 is 0. The van der Waals surface area contributed by atoms with Gasteiger partial charge in [-0.1, -0.05) is 12.1 Å². The molecular formula is C17H19F3N4O2. The number of anilines is 1. The van der Waals surface area contributed by atoms with Crippen LogP contribution >= 0.6 is 0 Å². The van der Waals surface area contributed by atoms with E-state index in [4.69, 9.17) is 4.74 Å². The summed E-state index contributed by atoms with van der Waals surface area (Å²) in [6, 6.07) is 4.64. The molecule has 1 saturated heterocycles. The minimum atomic E-state index is -4.43. The molecule has 6 nitrogen and oxygen atoms in total. The minimum Gasteiger partial charge on any atom is -0.378 e. The SMILES string of the molecule is CC1=CCC(NC(=O)N2CCOCC2)=NN1c1cccc(C(F)(F)F)c1. The molecule has 0 radical (unpaired) electrons. The molecule has 1 N–H and O–H groups in total. The van der Waals surface area contributed by atoms with Crippen molar-refractivity contribution in [3.63, 3.8) is 0 Å². The summed E-state index contributed by atoms with van der Waals surface area (Å²) in [7, 11) is 0. The zero-order chi connectivity index (χ0) is 18.7. The zero-order valence-corrected chi connectivity index (χ0v) is 14.2. The summed E-state index contributed by atoms with van der Waals surface area (Å²) in [5.41, 5.74) is 0.225. The second kappa shape index (κ2) is 7.36. The fourth-order valence-electron chi connectivity index (χ4n) is 2.69. The van der Waals surface area contributed by atoms with Crippen LogP contribution in [0.3, 0.4) is 0 Å². The molecule has 2 amide bonds. The lowest BCUT2D eigenvalue weighted by molar-refractivity contribution is -0.137. The zero-order valence-electron chi connectivity index (χ0n) is 14.2. The van der Waals surface area contributed by atoms with Gasteiger partial charge in [0.05, 0.1) is 24.5 Å². The van der Waals surface area contributed by atoms with E-state index in [1.54, 1.807) is 17.9 Å². The highest BCUT2D eigenvalue weighted by molar-refractivity contribution is 5.99. The number of rotatable bonds is 1. The van der Waals surface area contributed by atoms with Crippen molar-refractivity contribution in [2.75, 3.05) is 31.3 Å². The number of morpholine rings is 1. The van der Waals surface area contributed by atoms with E-state index in [0.717, 1.165) is 12.1 Å². The maximum atomic E-state index is 12.9. The highest BCUT2D eigenvalue weighted by Crippen LogP contribution is 2.33. The molecule has 0 aromatic heterocycles. The van der Waals surface area contributed by atoms with Crippen molar-refractivity contribution >= 4 is 17.6 Å². The Morgan fingerprint density at radius 2 is 2.00 bits per heavy atom. The maximum Gasteiger partial charge on any atom is 0.416 e. The molecule has 0 unspecified atom stereocenters. The Morgan fingerprint density at radius 1 is 1.27 bits per heavy atom. The van der Waals surface area contributed by atoms with Crippen molar-refractivity contribution in [1.29, 1.82) is 0 Å². The molecule has 26 heavy (non-hydrogen) atoms. The predicted octanol–water partition coefficient (Wildman–Crippen LogP) is 3.17. The van der Waals surface area contributed by atoms with Gasteiger partial charge in [-0.15, -0.1) is 0 Å². The third-order valence-corrected chi connectivity index (χ3v) is 4.11. The van der Waals surface area contributed by atoms with Gasteiger partial charge < -0.3 is 9.64 Å². The Morgan fingerprint density at radius 3 is 2.69 bits per heavy atom. The molecule has 2 heterocycles. The molecule has 140 valence electrons. The first-order valence-corrected chi connectivity index (χ1v) is 8.20. The molecule has 1 aromatic rings. The highest BCUT2D eigenvalue weighted by atomic mass is 19.4. The normalized spacial score (nSPS) is 18.3. The summed E-state index contributed by atoms with van der Waals surface area (Å²) in [5, 5.41) is 8.44. The maximum absolute atomic E-state index is 12.9. The highest BCUT2D eigenvalue weighted by Gasteiger charge is 2.31. The van der Waals surface area contributed by atoms with E-state index in [9.17, 15) is 18.0 Å². The van der Waals surface area contributed by atoms with Crippen LogP contribution in [-0.4, -0.2) is 43.1 Å². The number of nitrogens with zero attached hydrogens (tertiary/aromatic N) is 3. The van der Waals surface area contributed by atoms with Gasteiger partial charge in [-0.3, -0.25) is 5.32 Å². The van der Waals surface area contributed by atoms with Crippen LogP contribution in [-0.2, 0) is 10.9 Å². The topological polar surface area (TPSA) is 57.2 Å². The summed E-state index contributed by atoms with van der Waals surface area (Å²) < 4.78 is 44.0. The summed E-state index contributed by atoms with van der Waals surface area (Å²) in [6.45, 7) is 3.70. The van der Waals surface area contributed by atoms with Crippen LogP contribution in [0.5, 0.6) is 0 Å². The summed E-state index contributed by atoms with van der Waals surface area (Å²) in [4.78, 5) is 13.9. The van der Waals surface area contributed by atoms with Crippen molar-refractivity contribution < 1.29 is 22.7 Å². The molecule has 1 fully saturated rings. The second-order valence-electron chi connectivity index (χ2n) is 5.99. The number of hydrazone groups is 1. The number of carbonyl (C=O) groups is 1. The first-order chi connectivity index (χ1) is 12.3. The van der Waals surface area contributed by atoms with Crippen molar-refractivity contribution in [3.8, 4) is 0 Å². The van der Waals surface area contributed by atoms with Crippen molar-refractivity contribution in [2.24, 2.45) is 5.10 Å². The molecular weight excluding hydrogens is 349 g/mol.